The summed E-state index contributed by atoms with van der Waals surface area (Å²) in [6.07, 6.45) is -5.21. The van der Waals surface area contributed by atoms with Crippen LogP contribution in [0, 0.1) is 0 Å². The molecule has 0 fully saturated rings. The molecule has 0 aliphatic rings. The lowest BCUT2D eigenvalue weighted by Crippen LogP contribution is -2.46. The number of guanidine groups is 1. The van der Waals surface area contributed by atoms with Gasteiger partial charge < -0.3 is 21.9 Å². The zero-order valence-electron chi connectivity index (χ0n) is 9.20. The minimum Gasteiger partial charge on any atom is -0.480 e. The number of alkyl halides is 3. The quantitative estimate of drug-likeness (QED) is 0.284. The fraction of sp³-hybridized carbons (Fsp3) is 0.625. The number of carbonyl (C=O) groups excluding carboxylic acids is 1. The molecule has 104 valence electrons. The van der Waals surface area contributed by atoms with Gasteiger partial charge in [0.25, 0.3) is 0 Å². The lowest BCUT2D eigenvalue weighted by Gasteiger charge is -2.15. The molecular weight excluding hydrogens is 257 g/mol. The molecule has 0 radical (unpaired) electrons. The van der Waals surface area contributed by atoms with Crippen LogP contribution in [0.1, 0.15) is 12.8 Å². The van der Waals surface area contributed by atoms with E-state index in [1.807, 2.05) is 0 Å². The van der Waals surface area contributed by atoms with Gasteiger partial charge in [-0.3, -0.25) is 9.79 Å². The minimum atomic E-state index is -5.12. The number of carboxylic acids is 1. The Morgan fingerprint density at radius 3 is 2.28 bits per heavy atom. The second-order valence-corrected chi connectivity index (χ2v) is 3.31. The molecule has 0 heterocycles. The number of hydrogen-bond donors (Lipinski definition) is 4. The van der Waals surface area contributed by atoms with Gasteiger partial charge in [0.05, 0.1) is 0 Å². The highest BCUT2D eigenvalue weighted by molar-refractivity contribution is 5.86. The Labute approximate surface area is 100 Å². The van der Waals surface area contributed by atoms with Crippen LogP contribution >= 0.6 is 0 Å². The van der Waals surface area contributed by atoms with Crippen molar-refractivity contribution < 1.29 is 27.9 Å². The van der Waals surface area contributed by atoms with E-state index in [0.717, 1.165) is 0 Å². The van der Waals surface area contributed by atoms with Crippen LogP contribution in [0.3, 0.4) is 0 Å². The van der Waals surface area contributed by atoms with Crippen LogP contribution < -0.4 is 16.8 Å². The van der Waals surface area contributed by atoms with E-state index in [1.165, 1.54) is 5.32 Å². The number of amides is 1. The van der Waals surface area contributed by atoms with Gasteiger partial charge in [-0.1, -0.05) is 0 Å². The van der Waals surface area contributed by atoms with Gasteiger partial charge in [-0.2, -0.15) is 13.2 Å². The molecule has 0 saturated carbocycles. The molecule has 0 aromatic rings. The van der Waals surface area contributed by atoms with E-state index < -0.39 is 24.1 Å². The summed E-state index contributed by atoms with van der Waals surface area (Å²) < 4.78 is 35.7. The fourth-order valence-corrected chi connectivity index (χ4v) is 1.00. The maximum absolute atomic E-state index is 11.9. The number of rotatable bonds is 6. The van der Waals surface area contributed by atoms with Crippen LogP contribution in [0.4, 0.5) is 13.2 Å². The van der Waals surface area contributed by atoms with Crippen LogP contribution in [0.25, 0.3) is 0 Å². The third-order valence-electron chi connectivity index (χ3n) is 1.81. The van der Waals surface area contributed by atoms with Crippen molar-refractivity contribution in [2.45, 2.75) is 25.1 Å². The molecule has 1 atom stereocenters. The molecular formula is C8H13F3N4O3. The van der Waals surface area contributed by atoms with Crippen molar-refractivity contribution >= 4 is 17.8 Å². The summed E-state index contributed by atoms with van der Waals surface area (Å²) >= 11 is 0. The van der Waals surface area contributed by atoms with Crippen LogP contribution in [0.5, 0.6) is 0 Å². The highest BCUT2D eigenvalue weighted by atomic mass is 19.4. The Balaban J connectivity index is 4.29. The summed E-state index contributed by atoms with van der Waals surface area (Å²) in [7, 11) is 0. The van der Waals surface area contributed by atoms with Crippen molar-refractivity contribution in [3.63, 3.8) is 0 Å². The number of aliphatic carboxylic acids is 1. The van der Waals surface area contributed by atoms with Gasteiger partial charge in [-0.15, -0.1) is 0 Å². The molecule has 0 rings (SSSR count). The molecule has 18 heavy (non-hydrogen) atoms. The van der Waals surface area contributed by atoms with Crippen LogP contribution in [-0.2, 0) is 9.59 Å². The second-order valence-electron chi connectivity index (χ2n) is 3.31. The van der Waals surface area contributed by atoms with E-state index in [-0.39, 0.29) is 25.3 Å². The number of nitrogens with zero attached hydrogens (tertiary/aromatic N) is 1. The second kappa shape index (κ2) is 6.67. The van der Waals surface area contributed by atoms with Gasteiger partial charge in [-0.05, 0) is 12.8 Å². The number of halogens is 3. The Hall–Kier alpha value is -2.00. The number of hydrogen-bond acceptors (Lipinski definition) is 3. The standard InChI is InChI=1S/C8H13F3N4O3/c9-8(10,11)6(18)15-4(5(16)17)2-1-3-14-7(12)13/h4H,1-3H2,(H,15,18)(H,16,17)(H4,12,13,14)/t4-/m1/s1. The molecule has 6 N–H and O–H groups in total. The smallest absolute Gasteiger partial charge is 0.471 e. The van der Waals surface area contributed by atoms with Crippen molar-refractivity contribution in [2.24, 2.45) is 16.5 Å². The van der Waals surface area contributed by atoms with Gasteiger partial charge in [0, 0.05) is 6.54 Å². The third kappa shape index (κ3) is 6.55. The van der Waals surface area contributed by atoms with Gasteiger partial charge in [0.15, 0.2) is 5.96 Å². The van der Waals surface area contributed by atoms with Crippen LogP contribution in [0.2, 0.25) is 0 Å². The monoisotopic (exact) mass is 270 g/mol. The zero-order valence-corrected chi connectivity index (χ0v) is 9.20. The maximum Gasteiger partial charge on any atom is 0.471 e. The average molecular weight is 270 g/mol. The summed E-state index contributed by atoms with van der Waals surface area (Å²) in [4.78, 5) is 24.7. The van der Waals surface area contributed by atoms with Gasteiger partial charge in [-0.25, -0.2) is 4.79 Å². The van der Waals surface area contributed by atoms with Crippen molar-refractivity contribution in [1.82, 2.24) is 5.32 Å². The number of carbonyl (C=O) groups is 2. The van der Waals surface area contributed by atoms with E-state index in [4.69, 9.17) is 16.6 Å². The average Bonchev–Trinajstić information content (AvgIpc) is 2.19. The fourth-order valence-electron chi connectivity index (χ4n) is 1.00. The minimum absolute atomic E-state index is 0.0635. The third-order valence-corrected chi connectivity index (χ3v) is 1.81. The summed E-state index contributed by atoms with van der Waals surface area (Å²) in [5.74, 6) is -4.06. The Kier molecular flexibility index (Phi) is 5.93. The number of nitrogens with two attached hydrogens (primary N) is 2. The first-order chi connectivity index (χ1) is 8.14. The Morgan fingerprint density at radius 2 is 1.89 bits per heavy atom. The number of aliphatic imine (C=N–C) groups is 1. The van der Waals surface area contributed by atoms with Gasteiger partial charge in [0.1, 0.15) is 6.04 Å². The lowest BCUT2D eigenvalue weighted by molar-refractivity contribution is -0.175. The predicted molar refractivity (Wildman–Crippen MR) is 55.5 cm³/mol. The Morgan fingerprint density at radius 1 is 1.33 bits per heavy atom. The predicted octanol–water partition coefficient (Wildman–Crippen LogP) is -0.828. The molecule has 0 spiro atoms. The highest BCUT2D eigenvalue weighted by Gasteiger charge is 2.40. The lowest BCUT2D eigenvalue weighted by atomic mass is 10.1. The zero-order chi connectivity index (χ0) is 14.3. The largest absolute Gasteiger partial charge is 0.480 e. The normalized spacial score (nSPS) is 12.6. The van der Waals surface area contributed by atoms with E-state index in [1.54, 1.807) is 0 Å². The van der Waals surface area contributed by atoms with E-state index in [2.05, 4.69) is 4.99 Å². The summed E-state index contributed by atoms with van der Waals surface area (Å²) in [5, 5.41) is 10.00. The summed E-state index contributed by atoms with van der Waals surface area (Å²) in [6.45, 7) is 0.0635. The van der Waals surface area contributed by atoms with Crippen LogP contribution in [0.15, 0.2) is 4.99 Å². The first-order valence-corrected chi connectivity index (χ1v) is 4.80. The van der Waals surface area contributed by atoms with Crippen molar-refractivity contribution in [3.05, 3.63) is 0 Å². The summed E-state index contributed by atoms with van der Waals surface area (Å²) in [6, 6.07) is -1.63. The molecule has 0 saturated heterocycles. The molecule has 0 aromatic carbocycles. The molecule has 0 unspecified atom stereocenters. The summed E-state index contributed by atoms with van der Waals surface area (Å²) in [5.41, 5.74) is 10.00. The van der Waals surface area contributed by atoms with Crippen LogP contribution in [-0.4, -0.2) is 41.7 Å². The van der Waals surface area contributed by atoms with E-state index in [0.29, 0.717) is 0 Å². The van der Waals surface area contributed by atoms with E-state index >= 15 is 0 Å². The molecule has 0 aliphatic carbocycles. The molecule has 1 amide bonds. The number of carboxylic acid groups (broad SMARTS) is 1. The Bertz CT molecular complexity index is 339. The molecule has 10 heteroatoms. The molecule has 0 aliphatic heterocycles. The van der Waals surface area contributed by atoms with Gasteiger partial charge in [0.2, 0.25) is 0 Å². The highest BCUT2D eigenvalue weighted by Crippen LogP contribution is 2.15. The SMILES string of the molecule is NC(N)=NCCC[C@@H](NC(=O)C(F)(F)F)C(=O)O. The topological polar surface area (TPSA) is 131 Å². The van der Waals surface area contributed by atoms with Gasteiger partial charge >= 0.3 is 18.1 Å². The molecule has 0 aromatic heterocycles. The van der Waals surface area contributed by atoms with E-state index in [9.17, 15) is 22.8 Å². The molecule has 0 bridgehead atoms. The van der Waals surface area contributed by atoms with Crippen molar-refractivity contribution in [1.29, 1.82) is 0 Å². The van der Waals surface area contributed by atoms with Crippen molar-refractivity contribution in [2.75, 3.05) is 6.54 Å². The maximum atomic E-state index is 11.9. The number of nitrogens with one attached hydrogen (secondary N) is 1. The first kappa shape index (κ1) is 16.0. The first-order valence-electron chi connectivity index (χ1n) is 4.80. The molecule has 7 nitrogen and oxygen atoms in total. The van der Waals surface area contributed by atoms with Crippen molar-refractivity contribution in [3.8, 4) is 0 Å².